The van der Waals surface area contributed by atoms with Crippen LogP contribution in [0.15, 0.2) is 72.8 Å². The number of carbonyl (C=O) groups is 1. The van der Waals surface area contributed by atoms with Gasteiger partial charge in [0.05, 0.1) is 24.2 Å². The molecule has 6 heteroatoms. The summed E-state index contributed by atoms with van der Waals surface area (Å²) in [4.78, 5) is 17.2. The molecule has 1 heterocycles. The fourth-order valence-electron chi connectivity index (χ4n) is 3.99. The average Bonchev–Trinajstić information content (AvgIpc) is 3.20. The molecule has 0 spiro atoms. The van der Waals surface area contributed by atoms with Gasteiger partial charge < -0.3 is 19.4 Å². The van der Waals surface area contributed by atoms with E-state index in [2.05, 4.69) is 16.0 Å². The summed E-state index contributed by atoms with van der Waals surface area (Å²) < 4.78 is 13.9. The van der Waals surface area contributed by atoms with E-state index >= 15 is 0 Å². The Hall–Kier alpha value is -3.80. The predicted octanol–water partition coefficient (Wildman–Crippen LogP) is 5.19. The molecular formula is C28H31N3O3. The number of ether oxygens (including phenoxy) is 2. The topological polar surface area (TPSA) is 65.4 Å². The Bertz CT molecular complexity index is 1250. The van der Waals surface area contributed by atoms with Crippen molar-refractivity contribution in [3.05, 3.63) is 89.7 Å². The fourth-order valence-corrected chi connectivity index (χ4v) is 3.99. The number of carbonyl (C=O) groups excluding carboxylic acids is 1. The van der Waals surface area contributed by atoms with Crippen LogP contribution >= 0.6 is 0 Å². The molecule has 0 bridgehead atoms. The number of nitrogens with zero attached hydrogens (tertiary/aromatic N) is 2. The Labute approximate surface area is 200 Å². The first kappa shape index (κ1) is 23.4. The first-order valence-electron chi connectivity index (χ1n) is 11.8. The molecule has 176 valence electrons. The fraction of sp³-hybridized carbons (Fsp3) is 0.286. The van der Waals surface area contributed by atoms with Crippen LogP contribution in [0.3, 0.4) is 0 Å². The van der Waals surface area contributed by atoms with E-state index in [1.807, 2.05) is 80.6 Å². The summed E-state index contributed by atoms with van der Waals surface area (Å²) in [6.07, 6.45) is 1.56. The molecule has 0 atom stereocenters. The zero-order valence-electron chi connectivity index (χ0n) is 19.8. The molecule has 4 aromatic rings. The van der Waals surface area contributed by atoms with Crippen molar-refractivity contribution in [3.63, 3.8) is 0 Å². The first-order chi connectivity index (χ1) is 16.7. The van der Waals surface area contributed by atoms with Crippen molar-refractivity contribution in [2.75, 3.05) is 19.8 Å². The molecule has 0 fully saturated rings. The van der Waals surface area contributed by atoms with Gasteiger partial charge in [0.15, 0.2) is 11.5 Å². The monoisotopic (exact) mass is 457 g/mol. The van der Waals surface area contributed by atoms with Crippen LogP contribution in [0, 0.1) is 6.92 Å². The smallest absolute Gasteiger partial charge is 0.251 e. The Morgan fingerprint density at radius 1 is 0.971 bits per heavy atom. The number of para-hydroxylation sites is 4. The molecule has 1 N–H and O–H groups in total. The average molecular weight is 458 g/mol. The van der Waals surface area contributed by atoms with E-state index in [4.69, 9.17) is 14.5 Å². The number of fused-ring (bicyclic) bond motifs is 1. The number of aromatic nitrogens is 2. The normalized spacial score (nSPS) is 10.9. The highest BCUT2D eigenvalue weighted by atomic mass is 16.5. The van der Waals surface area contributed by atoms with E-state index in [0.29, 0.717) is 31.9 Å². The standard InChI is InChI=1S/C28H31N3O3/c1-3-33-25-14-6-7-15-26(25)34-19-18-31-24-13-5-4-12-23(24)30-27(31)16-9-17-29-28(32)22-11-8-10-21(2)20-22/h4-8,10-15,20H,3,9,16-19H2,1-2H3,(H,29,32). The van der Waals surface area contributed by atoms with Crippen molar-refractivity contribution in [1.29, 1.82) is 0 Å². The molecule has 4 rings (SSSR count). The van der Waals surface area contributed by atoms with E-state index in [0.717, 1.165) is 46.8 Å². The van der Waals surface area contributed by atoms with Crippen LogP contribution in [0.4, 0.5) is 0 Å². The summed E-state index contributed by atoms with van der Waals surface area (Å²) >= 11 is 0. The van der Waals surface area contributed by atoms with Gasteiger partial charge in [0.2, 0.25) is 0 Å². The molecule has 1 amide bonds. The van der Waals surface area contributed by atoms with Gasteiger partial charge in [-0.1, -0.05) is 42.0 Å². The first-order valence-corrected chi connectivity index (χ1v) is 11.8. The summed E-state index contributed by atoms with van der Waals surface area (Å²) in [6.45, 7) is 6.31. The third kappa shape index (κ3) is 5.76. The number of benzene rings is 3. The van der Waals surface area contributed by atoms with Gasteiger partial charge in [-0.2, -0.15) is 0 Å². The second-order valence-electron chi connectivity index (χ2n) is 8.13. The minimum absolute atomic E-state index is 0.0430. The molecule has 0 aliphatic carbocycles. The van der Waals surface area contributed by atoms with Crippen LogP contribution in [-0.4, -0.2) is 35.2 Å². The third-order valence-electron chi connectivity index (χ3n) is 5.60. The van der Waals surface area contributed by atoms with Crippen LogP contribution < -0.4 is 14.8 Å². The van der Waals surface area contributed by atoms with Crippen molar-refractivity contribution in [1.82, 2.24) is 14.9 Å². The highest BCUT2D eigenvalue weighted by Crippen LogP contribution is 2.26. The maximum atomic E-state index is 12.4. The third-order valence-corrected chi connectivity index (χ3v) is 5.60. The number of aryl methyl sites for hydroxylation is 2. The number of imidazole rings is 1. The van der Waals surface area contributed by atoms with Gasteiger partial charge in [0.25, 0.3) is 5.91 Å². The highest BCUT2D eigenvalue weighted by Gasteiger charge is 2.12. The zero-order chi connectivity index (χ0) is 23.8. The molecular weight excluding hydrogens is 426 g/mol. The van der Waals surface area contributed by atoms with Crippen LogP contribution in [0.5, 0.6) is 11.5 Å². The molecule has 0 unspecified atom stereocenters. The van der Waals surface area contributed by atoms with Gasteiger partial charge in [0.1, 0.15) is 12.4 Å². The van der Waals surface area contributed by atoms with Gasteiger partial charge in [-0.15, -0.1) is 0 Å². The minimum atomic E-state index is -0.0430. The molecule has 34 heavy (non-hydrogen) atoms. The van der Waals surface area contributed by atoms with Gasteiger partial charge in [-0.3, -0.25) is 4.79 Å². The van der Waals surface area contributed by atoms with Crippen molar-refractivity contribution in [2.24, 2.45) is 0 Å². The van der Waals surface area contributed by atoms with Crippen molar-refractivity contribution in [3.8, 4) is 11.5 Å². The second-order valence-corrected chi connectivity index (χ2v) is 8.13. The molecule has 0 radical (unpaired) electrons. The number of hydrogen-bond acceptors (Lipinski definition) is 4. The summed E-state index contributed by atoms with van der Waals surface area (Å²) in [5.41, 5.74) is 3.82. The summed E-state index contributed by atoms with van der Waals surface area (Å²) in [5.74, 6) is 2.45. The van der Waals surface area contributed by atoms with Crippen molar-refractivity contribution < 1.29 is 14.3 Å². The molecule has 0 saturated heterocycles. The molecule has 0 aliphatic rings. The van der Waals surface area contributed by atoms with Crippen LogP contribution in [0.1, 0.15) is 35.1 Å². The highest BCUT2D eigenvalue weighted by molar-refractivity contribution is 5.94. The van der Waals surface area contributed by atoms with Gasteiger partial charge in [-0.25, -0.2) is 4.98 Å². The van der Waals surface area contributed by atoms with Gasteiger partial charge >= 0.3 is 0 Å². The van der Waals surface area contributed by atoms with Gasteiger partial charge in [-0.05, 0) is 56.7 Å². The van der Waals surface area contributed by atoms with Crippen LogP contribution in [0.25, 0.3) is 11.0 Å². The van der Waals surface area contributed by atoms with Crippen molar-refractivity contribution in [2.45, 2.75) is 33.2 Å². The zero-order valence-corrected chi connectivity index (χ0v) is 19.8. The van der Waals surface area contributed by atoms with E-state index in [9.17, 15) is 4.79 Å². The maximum Gasteiger partial charge on any atom is 0.251 e. The molecule has 0 aliphatic heterocycles. The van der Waals surface area contributed by atoms with E-state index in [1.54, 1.807) is 0 Å². The SMILES string of the molecule is CCOc1ccccc1OCCn1c(CCCNC(=O)c2cccc(C)c2)nc2ccccc21. The lowest BCUT2D eigenvalue weighted by Gasteiger charge is -2.13. The lowest BCUT2D eigenvalue weighted by Crippen LogP contribution is -2.25. The minimum Gasteiger partial charge on any atom is -0.490 e. The lowest BCUT2D eigenvalue weighted by molar-refractivity contribution is 0.0953. The molecule has 1 aromatic heterocycles. The number of rotatable bonds is 11. The van der Waals surface area contributed by atoms with E-state index < -0.39 is 0 Å². The lowest BCUT2D eigenvalue weighted by atomic mass is 10.1. The number of amides is 1. The van der Waals surface area contributed by atoms with E-state index in [-0.39, 0.29) is 5.91 Å². The Balaban J connectivity index is 1.38. The summed E-state index contributed by atoms with van der Waals surface area (Å²) in [7, 11) is 0. The summed E-state index contributed by atoms with van der Waals surface area (Å²) in [5, 5.41) is 3.02. The largest absolute Gasteiger partial charge is 0.490 e. The van der Waals surface area contributed by atoms with Crippen LogP contribution in [0.2, 0.25) is 0 Å². The number of hydrogen-bond donors (Lipinski definition) is 1. The maximum absolute atomic E-state index is 12.4. The van der Waals surface area contributed by atoms with Crippen molar-refractivity contribution >= 4 is 16.9 Å². The van der Waals surface area contributed by atoms with Crippen LogP contribution in [-0.2, 0) is 13.0 Å². The quantitative estimate of drug-likeness (QED) is 0.315. The Morgan fingerprint density at radius 2 is 1.74 bits per heavy atom. The predicted molar refractivity (Wildman–Crippen MR) is 135 cm³/mol. The second kappa shape index (κ2) is 11.4. The molecule has 0 saturated carbocycles. The Kier molecular flexibility index (Phi) is 7.81. The molecule has 3 aromatic carbocycles. The molecule has 6 nitrogen and oxygen atoms in total. The van der Waals surface area contributed by atoms with E-state index in [1.165, 1.54) is 0 Å². The number of nitrogens with one attached hydrogen (secondary N) is 1. The summed E-state index contributed by atoms with van der Waals surface area (Å²) in [6, 6.07) is 23.5. The Morgan fingerprint density at radius 3 is 2.53 bits per heavy atom. The van der Waals surface area contributed by atoms with Gasteiger partial charge in [0, 0.05) is 18.5 Å².